The fraction of sp³-hybridized carbons (Fsp3) is 0.385. The van der Waals surface area contributed by atoms with Crippen LogP contribution in [0.5, 0.6) is 0 Å². The third kappa shape index (κ3) is 3.33. The Balaban J connectivity index is 2.70. The third-order valence-electron chi connectivity index (χ3n) is 2.95. The zero-order valence-electron chi connectivity index (χ0n) is 12.0. The molecule has 0 aliphatic rings. The normalized spacial score (nSPS) is 12.1. The zero-order chi connectivity index (χ0) is 15.8. The summed E-state index contributed by atoms with van der Waals surface area (Å²) < 4.78 is 25.8. The molecule has 0 saturated heterocycles. The molecule has 114 valence electrons. The highest BCUT2D eigenvalue weighted by atomic mass is 79.9. The minimum atomic E-state index is -3.92. The van der Waals surface area contributed by atoms with E-state index in [-0.39, 0.29) is 11.1 Å². The molecule has 1 heterocycles. The Hall–Kier alpha value is -1.25. The van der Waals surface area contributed by atoms with Crippen LogP contribution in [0.4, 0.5) is 0 Å². The van der Waals surface area contributed by atoms with Gasteiger partial charge < -0.3 is 0 Å². The lowest BCUT2D eigenvalue weighted by molar-refractivity contribution is 0.486. The van der Waals surface area contributed by atoms with Crippen molar-refractivity contribution in [1.29, 1.82) is 0 Å². The highest BCUT2D eigenvalue weighted by Crippen LogP contribution is 2.30. The average Bonchev–Trinajstić information content (AvgIpc) is 2.75. The van der Waals surface area contributed by atoms with Crippen LogP contribution in [0.1, 0.15) is 19.4 Å². The van der Waals surface area contributed by atoms with Crippen LogP contribution >= 0.6 is 15.9 Å². The van der Waals surface area contributed by atoms with Crippen LogP contribution in [0.25, 0.3) is 11.4 Å². The fourth-order valence-electron chi connectivity index (χ4n) is 2.05. The Labute approximate surface area is 132 Å². The first-order chi connectivity index (χ1) is 9.71. The van der Waals surface area contributed by atoms with E-state index in [1.54, 1.807) is 4.57 Å². The molecule has 0 radical (unpaired) electrons. The van der Waals surface area contributed by atoms with Crippen molar-refractivity contribution in [3.8, 4) is 11.4 Å². The van der Waals surface area contributed by atoms with E-state index in [9.17, 15) is 8.42 Å². The van der Waals surface area contributed by atoms with E-state index in [4.69, 9.17) is 5.14 Å². The van der Waals surface area contributed by atoms with Gasteiger partial charge in [0.25, 0.3) is 15.2 Å². The van der Waals surface area contributed by atoms with Crippen molar-refractivity contribution in [2.24, 2.45) is 11.1 Å². The summed E-state index contributed by atoms with van der Waals surface area (Å²) >= 11 is 3.52. The number of aryl methyl sites for hydroxylation is 1. The number of halogens is 1. The van der Waals surface area contributed by atoms with Gasteiger partial charge in [0.1, 0.15) is 0 Å². The van der Waals surface area contributed by atoms with Crippen molar-refractivity contribution >= 4 is 26.0 Å². The summed E-state index contributed by atoms with van der Waals surface area (Å²) in [5.74, 6) is 0.715. The molecular weight excluding hydrogens is 356 g/mol. The van der Waals surface area contributed by atoms with Gasteiger partial charge in [0.05, 0.1) is 0 Å². The number of hydrogen-bond donors (Lipinski definition) is 1. The van der Waals surface area contributed by atoms with Gasteiger partial charge in [-0.3, -0.25) is 4.57 Å². The topological polar surface area (TPSA) is 90.9 Å². The van der Waals surface area contributed by atoms with Gasteiger partial charge in [0, 0.05) is 16.6 Å². The van der Waals surface area contributed by atoms with Crippen LogP contribution in [-0.4, -0.2) is 23.2 Å². The number of benzene rings is 1. The Morgan fingerprint density at radius 2 is 2.00 bits per heavy atom. The summed E-state index contributed by atoms with van der Waals surface area (Å²) in [6.07, 6.45) is 0. The van der Waals surface area contributed by atoms with E-state index in [0.717, 1.165) is 15.6 Å². The molecule has 21 heavy (non-hydrogen) atoms. The molecule has 0 fully saturated rings. The third-order valence-corrected chi connectivity index (χ3v) is 4.82. The molecule has 0 aliphatic heterocycles. The minimum Gasteiger partial charge on any atom is -0.296 e. The minimum absolute atomic E-state index is 0.209. The predicted octanol–water partition coefficient (Wildman–Crippen LogP) is 2.32. The highest BCUT2D eigenvalue weighted by molar-refractivity contribution is 9.10. The van der Waals surface area contributed by atoms with Crippen LogP contribution in [-0.2, 0) is 16.6 Å². The molecule has 1 aromatic heterocycles. The van der Waals surface area contributed by atoms with E-state index < -0.39 is 10.0 Å². The molecule has 0 unspecified atom stereocenters. The second kappa shape index (κ2) is 5.86. The monoisotopic (exact) mass is 372 g/mol. The molecule has 2 aromatic rings. The lowest BCUT2D eigenvalue weighted by Gasteiger charge is -2.13. The van der Waals surface area contributed by atoms with Gasteiger partial charge in [0.2, 0.25) is 0 Å². The van der Waals surface area contributed by atoms with Gasteiger partial charge in [0.15, 0.2) is 5.82 Å². The van der Waals surface area contributed by atoms with Gasteiger partial charge in [-0.2, -0.15) is 0 Å². The molecule has 1 aromatic carbocycles. The van der Waals surface area contributed by atoms with Gasteiger partial charge in [-0.1, -0.05) is 32.0 Å². The Morgan fingerprint density at radius 3 is 2.57 bits per heavy atom. The highest BCUT2D eigenvalue weighted by Gasteiger charge is 2.23. The maximum atomic E-state index is 11.7. The van der Waals surface area contributed by atoms with Crippen molar-refractivity contribution in [3.63, 3.8) is 0 Å². The van der Waals surface area contributed by atoms with Crippen LogP contribution < -0.4 is 5.14 Å². The summed E-state index contributed by atoms with van der Waals surface area (Å²) in [4.78, 5) is 0. The zero-order valence-corrected chi connectivity index (χ0v) is 14.4. The number of sulfonamides is 1. The van der Waals surface area contributed by atoms with Gasteiger partial charge in [-0.25, -0.2) is 13.6 Å². The molecule has 0 atom stereocenters. The molecule has 8 heteroatoms. The average molecular weight is 373 g/mol. The van der Waals surface area contributed by atoms with Crippen molar-refractivity contribution in [2.45, 2.75) is 32.5 Å². The van der Waals surface area contributed by atoms with Crippen LogP contribution in [0.15, 0.2) is 27.8 Å². The molecule has 6 nitrogen and oxygen atoms in total. The van der Waals surface area contributed by atoms with Gasteiger partial charge in [-0.05, 0) is 34.3 Å². The lowest BCUT2D eigenvalue weighted by atomic mass is 10.1. The second-order valence-electron chi connectivity index (χ2n) is 5.29. The predicted molar refractivity (Wildman–Crippen MR) is 84.1 cm³/mol. The summed E-state index contributed by atoms with van der Waals surface area (Å²) in [5.41, 5.74) is 1.82. The molecule has 2 rings (SSSR count). The molecule has 2 N–H and O–H groups in total. The number of aromatic nitrogens is 3. The molecular formula is C13H17BrN4O2S. The molecule has 0 bridgehead atoms. The lowest BCUT2D eigenvalue weighted by Crippen LogP contribution is -2.20. The Kier molecular flexibility index (Phi) is 4.50. The van der Waals surface area contributed by atoms with Crippen molar-refractivity contribution in [2.75, 3.05) is 0 Å². The van der Waals surface area contributed by atoms with Gasteiger partial charge >= 0.3 is 0 Å². The molecule has 0 spiro atoms. The van der Waals surface area contributed by atoms with Gasteiger partial charge in [-0.15, -0.1) is 10.2 Å². The first-order valence-corrected chi connectivity index (χ1v) is 8.77. The maximum absolute atomic E-state index is 11.7. The number of rotatable bonds is 4. The summed E-state index contributed by atoms with van der Waals surface area (Å²) in [7, 11) is -3.92. The number of primary sulfonamides is 1. The van der Waals surface area contributed by atoms with E-state index in [0.29, 0.717) is 12.4 Å². The SMILES string of the molecule is Cc1cccc(-c2nnc(S(N)(=O)=O)n2CC(C)C)c1Br. The summed E-state index contributed by atoms with van der Waals surface area (Å²) in [6, 6.07) is 5.71. The fourth-order valence-corrected chi connectivity index (χ4v) is 3.11. The second-order valence-corrected chi connectivity index (χ2v) is 7.54. The Morgan fingerprint density at radius 1 is 1.33 bits per heavy atom. The maximum Gasteiger partial charge on any atom is 0.273 e. The van der Waals surface area contributed by atoms with E-state index in [1.165, 1.54) is 0 Å². The Bertz CT molecular complexity index is 768. The standard InChI is InChI=1S/C13H17BrN4O2S/c1-8(2)7-18-12(16-17-13(18)21(15,19)20)10-6-4-5-9(3)11(10)14/h4-6,8H,7H2,1-3H3,(H2,15,19,20). The number of nitrogens with two attached hydrogens (primary N) is 1. The van der Waals surface area contributed by atoms with Crippen LogP contribution in [0.3, 0.4) is 0 Å². The molecule has 0 saturated carbocycles. The van der Waals surface area contributed by atoms with Crippen molar-refractivity contribution in [1.82, 2.24) is 14.8 Å². The van der Waals surface area contributed by atoms with Crippen LogP contribution in [0, 0.1) is 12.8 Å². The number of nitrogens with zero attached hydrogens (tertiary/aromatic N) is 3. The smallest absolute Gasteiger partial charge is 0.273 e. The first-order valence-electron chi connectivity index (χ1n) is 6.43. The number of hydrogen-bond acceptors (Lipinski definition) is 4. The molecule has 0 aliphatic carbocycles. The molecule has 0 amide bonds. The first kappa shape index (κ1) is 16.1. The van der Waals surface area contributed by atoms with Crippen molar-refractivity contribution in [3.05, 3.63) is 28.2 Å². The quantitative estimate of drug-likeness (QED) is 0.891. The largest absolute Gasteiger partial charge is 0.296 e. The van der Waals surface area contributed by atoms with E-state index in [1.807, 2.05) is 39.0 Å². The van der Waals surface area contributed by atoms with Crippen LogP contribution in [0.2, 0.25) is 0 Å². The van der Waals surface area contributed by atoms with E-state index in [2.05, 4.69) is 26.1 Å². The van der Waals surface area contributed by atoms with E-state index >= 15 is 0 Å². The summed E-state index contributed by atoms with van der Waals surface area (Å²) in [6.45, 7) is 6.40. The van der Waals surface area contributed by atoms with Crippen molar-refractivity contribution < 1.29 is 8.42 Å². The summed E-state index contributed by atoms with van der Waals surface area (Å²) in [5, 5.41) is 12.8.